The maximum atomic E-state index is 12.3. The average molecular weight is 286 g/mol. The van der Waals surface area contributed by atoms with Gasteiger partial charge in [0.25, 0.3) is 0 Å². The van der Waals surface area contributed by atoms with Gasteiger partial charge < -0.3 is 19.7 Å². The molecule has 1 aliphatic rings. The molecule has 0 saturated carbocycles. The van der Waals surface area contributed by atoms with Gasteiger partial charge in [0, 0.05) is 13.1 Å². The van der Waals surface area contributed by atoms with Crippen molar-refractivity contribution in [2.24, 2.45) is 5.92 Å². The van der Waals surface area contributed by atoms with Gasteiger partial charge in [-0.1, -0.05) is 20.3 Å². The van der Waals surface area contributed by atoms with Crippen molar-refractivity contribution >= 4 is 12.0 Å². The Morgan fingerprint density at radius 2 is 1.90 bits per heavy atom. The number of esters is 1. The Bertz CT molecular complexity index is 338. The summed E-state index contributed by atoms with van der Waals surface area (Å²) in [5, 5.41) is 2.79. The monoisotopic (exact) mass is 286 g/mol. The van der Waals surface area contributed by atoms with E-state index in [0.717, 1.165) is 6.42 Å². The first-order valence-corrected chi connectivity index (χ1v) is 7.17. The molecule has 6 heteroatoms. The van der Waals surface area contributed by atoms with Crippen molar-refractivity contribution in [2.75, 3.05) is 20.2 Å². The van der Waals surface area contributed by atoms with Crippen LogP contribution in [0.5, 0.6) is 0 Å². The van der Waals surface area contributed by atoms with E-state index in [4.69, 9.17) is 9.47 Å². The van der Waals surface area contributed by atoms with Crippen LogP contribution in [0.25, 0.3) is 0 Å². The largest absolute Gasteiger partial charge is 0.467 e. The third-order valence-corrected chi connectivity index (χ3v) is 3.65. The molecule has 1 saturated heterocycles. The van der Waals surface area contributed by atoms with Crippen molar-refractivity contribution in [3.63, 3.8) is 0 Å². The molecule has 0 spiro atoms. The molecule has 0 aromatic heterocycles. The van der Waals surface area contributed by atoms with Gasteiger partial charge in [0.05, 0.1) is 19.3 Å². The van der Waals surface area contributed by atoms with Crippen LogP contribution in [0.15, 0.2) is 0 Å². The van der Waals surface area contributed by atoms with Gasteiger partial charge in [0.2, 0.25) is 0 Å². The number of urea groups is 1. The van der Waals surface area contributed by atoms with Crippen LogP contribution in [-0.2, 0) is 14.3 Å². The Kier molecular flexibility index (Phi) is 6.26. The lowest BCUT2D eigenvalue weighted by Gasteiger charge is -2.36. The number of nitrogens with one attached hydrogen (secondary N) is 1. The van der Waals surface area contributed by atoms with Gasteiger partial charge in [-0.3, -0.25) is 0 Å². The molecule has 1 aliphatic heterocycles. The van der Waals surface area contributed by atoms with Gasteiger partial charge >= 0.3 is 12.0 Å². The highest BCUT2D eigenvalue weighted by molar-refractivity contribution is 5.83. The van der Waals surface area contributed by atoms with Gasteiger partial charge in [0.1, 0.15) is 6.04 Å². The number of morpholine rings is 1. The zero-order valence-electron chi connectivity index (χ0n) is 13.0. The molecule has 2 amide bonds. The Hall–Kier alpha value is -1.30. The van der Waals surface area contributed by atoms with Crippen LogP contribution in [0.4, 0.5) is 4.79 Å². The van der Waals surface area contributed by atoms with Gasteiger partial charge in [-0.25, -0.2) is 9.59 Å². The number of hydrogen-bond donors (Lipinski definition) is 1. The molecule has 1 rings (SSSR count). The highest BCUT2D eigenvalue weighted by atomic mass is 16.5. The fourth-order valence-electron chi connectivity index (χ4n) is 2.36. The van der Waals surface area contributed by atoms with Crippen molar-refractivity contribution in [3.05, 3.63) is 0 Å². The van der Waals surface area contributed by atoms with Crippen LogP contribution in [0, 0.1) is 5.92 Å². The van der Waals surface area contributed by atoms with Gasteiger partial charge in [-0.05, 0) is 19.8 Å². The topological polar surface area (TPSA) is 67.9 Å². The minimum atomic E-state index is -0.606. The van der Waals surface area contributed by atoms with Crippen molar-refractivity contribution in [1.82, 2.24) is 10.2 Å². The Morgan fingerprint density at radius 3 is 2.35 bits per heavy atom. The number of ether oxygens (including phenoxy) is 2. The molecule has 0 bridgehead atoms. The quantitative estimate of drug-likeness (QED) is 0.793. The van der Waals surface area contributed by atoms with Gasteiger partial charge in [0.15, 0.2) is 0 Å². The number of amides is 2. The first kappa shape index (κ1) is 16.8. The summed E-state index contributed by atoms with van der Waals surface area (Å²) in [6.07, 6.45) is 0.796. The van der Waals surface area contributed by atoms with Crippen molar-refractivity contribution < 1.29 is 19.1 Å². The average Bonchev–Trinajstić information content (AvgIpc) is 2.41. The summed E-state index contributed by atoms with van der Waals surface area (Å²) in [4.78, 5) is 25.8. The third kappa shape index (κ3) is 4.37. The van der Waals surface area contributed by atoms with Crippen LogP contribution in [0.3, 0.4) is 0 Å². The molecule has 1 fully saturated rings. The molecule has 0 aromatic carbocycles. The lowest BCUT2D eigenvalue weighted by Crippen LogP contribution is -2.56. The number of nitrogens with zero attached hydrogens (tertiary/aromatic N) is 1. The van der Waals surface area contributed by atoms with Crippen LogP contribution < -0.4 is 5.32 Å². The summed E-state index contributed by atoms with van der Waals surface area (Å²) < 4.78 is 10.4. The zero-order chi connectivity index (χ0) is 15.3. The van der Waals surface area contributed by atoms with Crippen LogP contribution in [-0.4, -0.2) is 55.3 Å². The lowest BCUT2D eigenvalue weighted by molar-refractivity contribution is -0.144. The molecule has 0 aliphatic carbocycles. The van der Waals surface area contributed by atoms with E-state index in [-0.39, 0.29) is 24.2 Å². The first-order valence-electron chi connectivity index (χ1n) is 7.17. The minimum absolute atomic E-state index is 0.00433. The molecule has 116 valence electrons. The van der Waals surface area contributed by atoms with E-state index < -0.39 is 12.0 Å². The second-order valence-electron chi connectivity index (χ2n) is 5.50. The predicted octanol–water partition coefficient (Wildman–Crippen LogP) is 1.39. The van der Waals surface area contributed by atoms with Crippen LogP contribution in [0.1, 0.15) is 34.1 Å². The number of carbonyl (C=O) groups is 2. The molecule has 6 nitrogen and oxygen atoms in total. The molecule has 20 heavy (non-hydrogen) atoms. The Labute approximate surface area is 120 Å². The molecular formula is C14H26N2O4. The number of rotatable bonds is 4. The smallest absolute Gasteiger partial charge is 0.328 e. The highest BCUT2D eigenvalue weighted by Crippen LogP contribution is 2.13. The van der Waals surface area contributed by atoms with E-state index in [1.807, 2.05) is 27.7 Å². The predicted molar refractivity (Wildman–Crippen MR) is 75.4 cm³/mol. The fraction of sp³-hybridized carbons (Fsp3) is 0.857. The molecule has 1 heterocycles. The normalized spacial score (nSPS) is 25.8. The van der Waals surface area contributed by atoms with E-state index >= 15 is 0 Å². The summed E-state index contributed by atoms with van der Waals surface area (Å²) in [6.45, 7) is 8.83. The van der Waals surface area contributed by atoms with E-state index in [2.05, 4.69) is 5.32 Å². The Morgan fingerprint density at radius 1 is 1.35 bits per heavy atom. The Balaban J connectivity index is 2.67. The van der Waals surface area contributed by atoms with Gasteiger partial charge in [-0.2, -0.15) is 0 Å². The molecule has 4 atom stereocenters. The van der Waals surface area contributed by atoms with Crippen LogP contribution >= 0.6 is 0 Å². The number of methoxy groups -OCH3 is 1. The molecular weight excluding hydrogens is 260 g/mol. The van der Waals surface area contributed by atoms with E-state index in [1.165, 1.54) is 7.11 Å². The molecule has 0 unspecified atom stereocenters. The summed E-state index contributed by atoms with van der Waals surface area (Å²) in [7, 11) is 1.34. The van der Waals surface area contributed by atoms with Crippen molar-refractivity contribution in [2.45, 2.75) is 52.4 Å². The third-order valence-electron chi connectivity index (χ3n) is 3.65. The van der Waals surface area contributed by atoms with Crippen LogP contribution in [0.2, 0.25) is 0 Å². The molecule has 1 N–H and O–H groups in total. The highest BCUT2D eigenvalue weighted by Gasteiger charge is 2.31. The van der Waals surface area contributed by atoms with Gasteiger partial charge in [-0.15, -0.1) is 0 Å². The summed E-state index contributed by atoms with van der Waals surface area (Å²) in [5.74, 6) is -0.371. The maximum Gasteiger partial charge on any atom is 0.328 e. The minimum Gasteiger partial charge on any atom is -0.467 e. The van der Waals surface area contributed by atoms with Crippen molar-refractivity contribution in [1.29, 1.82) is 0 Å². The van der Waals surface area contributed by atoms with E-state index in [9.17, 15) is 9.59 Å². The van der Waals surface area contributed by atoms with E-state index in [0.29, 0.717) is 13.1 Å². The lowest BCUT2D eigenvalue weighted by atomic mass is 9.99. The zero-order valence-corrected chi connectivity index (χ0v) is 13.0. The SMILES string of the molecule is CC[C@@H](C)[C@H](NC(=O)N1C[C@@H](C)O[C@@H](C)C1)C(=O)OC. The molecule has 0 aromatic rings. The number of carbonyl (C=O) groups excluding carboxylic acids is 2. The van der Waals surface area contributed by atoms with Crippen molar-refractivity contribution in [3.8, 4) is 0 Å². The second-order valence-corrected chi connectivity index (χ2v) is 5.50. The summed E-state index contributed by atoms with van der Waals surface area (Å²) in [6, 6.07) is -0.839. The fourth-order valence-corrected chi connectivity index (χ4v) is 2.36. The summed E-state index contributed by atoms with van der Waals surface area (Å²) in [5.41, 5.74) is 0. The van der Waals surface area contributed by atoms with E-state index in [1.54, 1.807) is 4.90 Å². The first-order chi connectivity index (χ1) is 9.38. The number of hydrogen-bond acceptors (Lipinski definition) is 4. The standard InChI is InChI=1S/C14H26N2O4/c1-6-9(2)12(13(17)19-5)15-14(18)16-7-10(3)20-11(4)8-16/h9-12H,6-8H2,1-5H3,(H,15,18)/t9-,10-,11+,12+/m1/s1. The summed E-state index contributed by atoms with van der Waals surface area (Å²) >= 11 is 0. The second kappa shape index (κ2) is 7.47. The maximum absolute atomic E-state index is 12.3. The molecule has 0 radical (unpaired) electrons.